The van der Waals surface area contributed by atoms with E-state index in [1.54, 1.807) is 0 Å². The van der Waals surface area contributed by atoms with Gasteiger partial charge in [-0.25, -0.2) is 4.39 Å². The van der Waals surface area contributed by atoms with Gasteiger partial charge in [0.15, 0.2) is 8.32 Å². The average Bonchev–Trinajstić information content (AvgIpc) is 2.41. The van der Waals surface area contributed by atoms with Crippen LogP contribution in [0.25, 0.3) is 0 Å². The lowest BCUT2D eigenvalue weighted by Gasteiger charge is -2.36. The lowest BCUT2D eigenvalue weighted by molar-refractivity contribution is -0.136. The summed E-state index contributed by atoms with van der Waals surface area (Å²) in [5, 5.41) is 9.18. The molecule has 1 atom stereocenters. The van der Waals surface area contributed by atoms with Crippen LogP contribution < -0.4 is 4.74 Å². The van der Waals surface area contributed by atoms with E-state index in [1.165, 1.54) is 18.2 Å². The maximum atomic E-state index is 13.4. The lowest BCUT2D eigenvalue weighted by Crippen LogP contribution is -2.41. The number of rotatable bonds is 7. The number of hydrogen-bond donors (Lipinski definition) is 1. The Morgan fingerprint density at radius 3 is 2.48 bits per heavy atom. The predicted molar refractivity (Wildman–Crippen MR) is 94.3 cm³/mol. The van der Waals surface area contributed by atoms with Crippen molar-refractivity contribution in [2.24, 2.45) is 0 Å². The number of alkyl halides is 1. The number of aliphatic carboxylic acids is 1. The van der Waals surface area contributed by atoms with E-state index in [0.29, 0.717) is 12.2 Å². The highest BCUT2D eigenvalue weighted by Crippen LogP contribution is 2.36. The SMILES string of the molecule is CC(C)(C)[Si](C)(C)OCCOc1cc(F)ccc1C(Br)C(=O)O. The van der Waals surface area contributed by atoms with Crippen LogP contribution in [0.2, 0.25) is 18.1 Å². The van der Waals surface area contributed by atoms with Gasteiger partial charge in [-0.05, 0) is 24.2 Å². The highest BCUT2D eigenvalue weighted by molar-refractivity contribution is 9.09. The number of carboxylic acids is 1. The van der Waals surface area contributed by atoms with Gasteiger partial charge in [0, 0.05) is 11.6 Å². The number of benzene rings is 1. The Morgan fingerprint density at radius 2 is 1.96 bits per heavy atom. The van der Waals surface area contributed by atoms with E-state index < -0.39 is 24.9 Å². The van der Waals surface area contributed by atoms with Crippen molar-refractivity contribution in [2.75, 3.05) is 13.2 Å². The van der Waals surface area contributed by atoms with Crippen LogP contribution in [-0.4, -0.2) is 32.6 Å². The lowest BCUT2D eigenvalue weighted by atomic mass is 10.1. The number of carboxylic acid groups (broad SMARTS) is 1. The molecule has 0 bridgehead atoms. The molecule has 0 aliphatic heterocycles. The molecular weight excluding hydrogens is 383 g/mol. The van der Waals surface area contributed by atoms with Gasteiger partial charge in [-0.3, -0.25) is 4.79 Å². The van der Waals surface area contributed by atoms with Crippen molar-refractivity contribution in [2.45, 2.75) is 43.7 Å². The van der Waals surface area contributed by atoms with Gasteiger partial charge in [-0.15, -0.1) is 0 Å². The second-order valence-corrected chi connectivity index (χ2v) is 12.6. The molecule has 1 aromatic rings. The first-order valence-corrected chi connectivity index (χ1v) is 11.2. The molecule has 1 unspecified atom stereocenters. The zero-order valence-electron chi connectivity index (χ0n) is 14.2. The van der Waals surface area contributed by atoms with E-state index in [4.69, 9.17) is 14.3 Å². The topological polar surface area (TPSA) is 55.8 Å². The third-order valence-electron chi connectivity index (χ3n) is 4.08. The molecule has 0 saturated carbocycles. The van der Waals surface area contributed by atoms with Gasteiger partial charge in [-0.2, -0.15) is 0 Å². The quantitative estimate of drug-likeness (QED) is 0.403. The van der Waals surface area contributed by atoms with Crippen molar-refractivity contribution in [3.8, 4) is 5.75 Å². The molecule has 23 heavy (non-hydrogen) atoms. The Kier molecular flexibility index (Phi) is 6.79. The van der Waals surface area contributed by atoms with Crippen molar-refractivity contribution in [1.82, 2.24) is 0 Å². The Labute approximate surface area is 146 Å². The molecule has 0 fully saturated rings. The zero-order chi connectivity index (χ0) is 17.8. The highest BCUT2D eigenvalue weighted by atomic mass is 79.9. The van der Waals surface area contributed by atoms with Crippen LogP contribution >= 0.6 is 15.9 Å². The van der Waals surface area contributed by atoms with E-state index in [0.717, 1.165) is 0 Å². The maximum Gasteiger partial charge on any atom is 0.321 e. The monoisotopic (exact) mass is 406 g/mol. The summed E-state index contributed by atoms with van der Waals surface area (Å²) in [6, 6.07) is 3.82. The summed E-state index contributed by atoms with van der Waals surface area (Å²) >= 11 is 3.07. The molecule has 4 nitrogen and oxygen atoms in total. The van der Waals surface area contributed by atoms with Gasteiger partial charge in [-0.1, -0.05) is 42.8 Å². The molecule has 0 spiro atoms. The molecule has 0 radical (unpaired) electrons. The van der Waals surface area contributed by atoms with Gasteiger partial charge in [0.2, 0.25) is 0 Å². The minimum Gasteiger partial charge on any atom is -0.491 e. The number of hydrogen-bond acceptors (Lipinski definition) is 3. The zero-order valence-corrected chi connectivity index (χ0v) is 16.7. The Balaban J connectivity index is 2.71. The number of halogens is 2. The van der Waals surface area contributed by atoms with Gasteiger partial charge in [0.05, 0.1) is 6.61 Å². The van der Waals surface area contributed by atoms with Crippen LogP contribution in [0.15, 0.2) is 18.2 Å². The van der Waals surface area contributed by atoms with Gasteiger partial charge in [0.25, 0.3) is 0 Å². The summed E-state index contributed by atoms with van der Waals surface area (Å²) < 4.78 is 24.9. The van der Waals surface area contributed by atoms with Crippen LogP contribution in [0.4, 0.5) is 4.39 Å². The van der Waals surface area contributed by atoms with Crippen molar-refractivity contribution in [1.29, 1.82) is 0 Å². The predicted octanol–water partition coefficient (Wildman–Crippen LogP) is 4.75. The molecular formula is C16H24BrFO4Si. The van der Waals surface area contributed by atoms with Crippen molar-refractivity contribution < 1.29 is 23.5 Å². The van der Waals surface area contributed by atoms with E-state index in [-0.39, 0.29) is 17.4 Å². The van der Waals surface area contributed by atoms with Crippen molar-refractivity contribution in [3.05, 3.63) is 29.6 Å². The molecule has 130 valence electrons. The molecule has 0 saturated heterocycles. The largest absolute Gasteiger partial charge is 0.491 e. The van der Waals surface area contributed by atoms with Gasteiger partial charge < -0.3 is 14.3 Å². The second kappa shape index (κ2) is 7.77. The fraction of sp³-hybridized carbons (Fsp3) is 0.562. The van der Waals surface area contributed by atoms with Crippen LogP contribution in [0, 0.1) is 5.82 Å². The molecule has 0 aromatic heterocycles. The molecule has 0 amide bonds. The smallest absolute Gasteiger partial charge is 0.321 e. The molecule has 0 aliphatic carbocycles. The minimum atomic E-state index is -1.86. The fourth-order valence-electron chi connectivity index (χ4n) is 1.64. The molecule has 1 rings (SSSR count). The van der Waals surface area contributed by atoms with E-state index in [1.807, 2.05) is 0 Å². The summed E-state index contributed by atoms with van der Waals surface area (Å²) in [6.45, 7) is 11.3. The molecule has 0 aliphatic rings. The van der Waals surface area contributed by atoms with E-state index in [9.17, 15) is 9.18 Å². The summed E-state index contributed by atoms with van der Waals surface area (Å²) in [6.07, 6.45) is 0. The molecule has 1 N–H and O–H groups in total. The van der Waals surface area contributed by atoms with Crippen molar-refractivity contribution >= 4 is 30.2 Å². The van der Waals surface area contributed by atoms with Gasteiger partial charge in [0.1, 0.15) is 23.0 Å². The highest BCUT2D eigenvalue weighted by Gasteiger charge is 2.36. The summed E-state index contributed by atoms with van der Waals surface area (Å²) in [5.74, 6) is -1.31. The Morgan fingerprint density at radius 1 is 1.35 bits per heavy atom. The average molecular weight is 407 g/mol. The third-order valence-corrected chi connectivity index (χ3v) is 9.50. The van der Waals surface area contributed by atoms with Crippen LogP contribution in [0.1, 0.15) is 31.2 Å². The Bertz CT molecular complexity index is 558. The fourth-order valence-corrected chi connectivity index (χ4v) is 3.05. The molecule has 7 heteroatoms. The normalized spacial score (nSPS) is 13.7. The first-order chi connectivity index (χ1) is 10.5. The summed E-state index contributed by atoms with van der Waals surface area (Å²) in [5.41, 5.74) is 0.381. The second-order valence-electron chi connectivity index (χ2n) is 6.84. The first-order valence-electron chi connectivity index (χ1n) is 7.39. The van der Waals surface area contributed by atoms with Crippen LogP contribution in [0.5, 0.6) is 5.75 Å². The van der Waals surface area contributed by atoms with Gasteiger partial charge >= 0.3 is 5.97 Å². The third kappa shape index (κ3) is 5.58. The molecule has 0 heterocycles. The van der Waals surface area contributed by atoms with Crippen LogP contribution in [-0.2, 0) is 9.22 Å². The minimum absolute atomic E-state index is 0.0985. The number of ether oxygens (including phenoxy) is 1. The first kappa shape index (κ1) is 20.1. The standard InChI is InChI=1S/C16H24BrFO4Si/c1-16(2,3)23(4,5)22-9-8-21-13-10-11(18)6-7-12(13)14(17)15(19)20/h6-7,10,14H,8-9H2,1-5H3,(H,19,20). The van der Waals surface area contributed by atoms with Crippen molar-refractivity contribution in [3.63, 3.8) is 0 Å². The van der Waals surface area contributed by atoms with E-state index in [2.05, 4.69) is 49.8 Å². The molecule has 1 aromatic carbocycles. The maximum absolute atomic E-state index is 13.4. The summed E-state index contributed by atoms with van der Waals surface area (Å²) in [4.78, 5) is 10.1. The summed E-state index contributed by atoms with van der Waals surface area (Å²) in [7, 11) is -1.86. The number of carbonyl (C=O) groups is 1. The van der Waals surface area contributed by atoms with E-state index >= 15 is 0 Å². The Hall–Kier alpha value is -0.923. The van der Waals surface area contributed by atoms with Crippen LogP contribution in [0.3, 0.4) is 0 Å².